The molecule has 6 nitrogen and oxygen atoms in total. The van der Waals surface area contributed by atoms with Crippen molar-refractivity contribution >= 4 is 28.4 Å². The minimum Gasteiger partial charge on any atom is -0.373 e. The quantitative estimate of drug-likeness (QED) is 0.564. The number of likely N-dealkylation sites (tertiary alicyclic amines) is 1. The zero-order valence-corrected chi connectivity index (χ0v) is 21.5. The first-order valence-electron chi connectivity index (χ1n) is 12.5. The fourth-order valence-electron chi connectivity index (χ4n) is 5.30. The summed E-state index contributed by atoms with van der Waals surface area (Å²) in [6.07, 6.45) is 2.43. The third kappa shape index (κ3) is 4.57. The van der Waals surface area contributed by atoms with E-state index in [0.29, 0.717) is 0 Å². The van der Waals surface area contributed by atoms with Crippen molar-refractivity contribution in [3.05, 3.63) is 64.0 Å². The van der Waals surface area contributed by atoms with Crippen LogP contribution in [0.25, 0.3) is 5.70 Å². The maximum atomic E-state index is 6.02. The Balaban J connectivity index is 1.28. The van der Waals surface area contributed by atoms with Crippen LogP contribution in [0.3, 0.4) is 0 Å². The first kappa shape index (κ1) is 23.3. The van der Waals surface area contributed by atoms with E-state index in [0.717, 1.165) is 57.4 Å². The number of hydrogen-bond donors (Lipinski definition) is 3. The minimum atomic E-state index is 0.0183. The van der Waals surface area contributed by atoms with Gasteiger partial charge in [0.25, 0.3) is 0 Å². The number of aryl methyl sites for hydroxylation is 1. The van der Waals surface area contributed by atoms with Crippen molar-refractivity contribution < 1.29 is 0 Å². The maximum Gasteiger partial charge on any atom is 0.0736 e. The monoisotopic (exact) mass is 478 g/mol. The number of nitrogens with two attached hydrogens (primary N) is 1. The minimum absolute atomic E-state index is 0.0183. The Morgan fingerprint density at radius 3 is 2.53 bits per heavy atom. The lowest BCUT2D eigenvalue weighted by Crippen LogP contribution is -2.49. The van der Waals surface area contributed by atoms with Gasteiger partial charge in [-0.05, 0) is 50.7 Å². The smallest absolute Gasteiger partial charge is 0.0736 e. The summed E-state index contributed by atoms with van der Waals surface area (Å²) in [4.78, 5) is 10.1. The van der Waals surface area contributed by atoms with Gasteiger partial charge >= 0.3 is 0 Å². The fraction of sp³-hybridized carbons (Fsp3) is 0.481. The highest BCUT2D eigenvalue weighted by atomic mass is 32.1. The van der Waals surface area contributed by atoms with Gasteiger partial charge in [0.05, 0.1) is 22.3 Å². The number of benzene rings is 1. The zero-order valence-electron chi connectivity index (χ0n) is 20.7. The van der Waals surface area contributed by atoms with Crippen molar-refractivity contribution in [1.29, 1.82) is 0 Å². The van der Waals surface area contributed by atoms with Crippen molar-refractivity contribution in [1.82, 2.24) is 15.1 Å². The average molecular weight is 479 g/mol. The largest absolute Gasteiger partial charge is 0.373 e. The van der Waals surface area contributed by atoms with E-state index < -0.39 is 0 Å². The molecule has 182 valence electrons. The molecule has 3 aliphatic rings. The maximum absolute atomic E-state index is 6.02. The van der Waals surface area contributed by atoms with Crippen LogP contribution in [0.5, 0.6) is 0 Å². The molecule has 4 N–H and O–H groups in total. The number of nitrogens with zero attached hydrogens (tertiary/aromatic N) is 3. The molecule has 1 aromatic carbocycles. The zero-order chi connectivity index (χ0) is 23.8. The summed E-state index contributed by atoms with van der Waals surface area (Å²) < 4.78 is 0. The van der Waals surface area contributed by atoms with Crippen molar-refractivity contribution in [3.8, 4) is 0 Å². The van der Waals surface area contributed by atoms with E-state index in [9.17, 15) is 0 Å². The first-order chi connectivity index (χ1) is 16.4. The Labute approximate surface area is 208 Å². The van der Waals surface area contributed by atoms with Crippen LogP contribution in [-0.4, -0.2) is 68.7 Å². The molecule has 0 bridgehead atoms. The molecule has 2 saturated heterocycles. The third-order valence-electron chi connectivity index (χ3n) is 7.34. The molecule has 3 aliphatic heterocycles. The number of thiophene rings is 1. The van der Waals surface area contributed by atoms with Gasteiger partial charge in [-0.1, -0.05) is 18.7 Å². The molecule has 0 amide bonds. The van der Waals surface area contributed by atoms with E-state index in [4.69, 9.17) is 5.73 Å². The first-order valence-corrected chi connectivity index (χ1v) is 13.3. The number of fused-ring (bicyclic) bond motifs is 1. The van der Waals surface area contributed by atoms with E-state index in [1.54, 1.807) is 0 Å². The van der Waals surface area contributed by atoms with Crippen LogP contribution in [0.15, 0.2) is 48.7 Å². The predicted molar refractivity (Wildman–Crippen MR) is 145 cm³/mol. The molecule has 0 saturated carbocycles. The summed E-state index contributed by atoms with van der Waals surface area (Å²) in [5, 5.41) is 7.11. The van der Waals surface area contributed by atoms with Crippen molar-refractivity contribution in [2.75, 3.05) is 63.1 Å². The van der Waals surface area contributed by atoms with Gasteiger partial charge in [0.15, 0.2) is 0 Å². The number of anilines is 2. The highest BCUT2D eigenvalue weighted by Gasteiger charge is 2.33. The van der Waals surface area contributed by atoms with Crippen LogP contribution >= 0.6 is 11.3 Å². The molecular weight excluding hydrogens is 440 g/mol. The van der Waals surface area contributed by atoms with Crippen LogP contribution in [0.2, 0.25) is 0 Å². The van der Waals surface area contributed by atoms with Gasteiger partial charge in [0.1, 0.15) is 0 Å². The van der Waals surface area contributed by atoms with Crippen LogP contribution in [0.4, 0.5) is 11.4 Å². The van der Waals surface area contributed by atoms with E-state index >= 15 is 0 Å². The Morgan fingerprint density at radius 2 is 1.88 bits per heavy atom. The summed E-state index contributed by atoms with van der Waals surface area (Å²) in [7, 11) is 2.05. The summed E-state index contributed by atoms with van der Waals surface area (Å²) in [6, 6.07) is 11.7. The van der Waals surface area contributed by atoms with Crippen LogP contribution in [-0.2, 0) is 0 Å². The van der Waals surface area contributed by atoms with E-state index in [1.165, 1.54) is 32.4 Å². The average Bonchev–Trinajstić information content (AvgIpc) is 3.20. The lowest BCUT2D eigenvalue weighted by Gasteiger charge is -2.44. The SMILES string of the molecule is C=C(C(C)N)N1CCN(c2ccc(C3C=C(N4CC(CNC)C4)c4sc(C)cc4N3)cc2)CC1. The lowest BCUT2D eigenvalue weighted by molar-refractivity contribution is 0.173. The molecule has 34 heavy (non-hydrogen) atoms. The molecule has 0 spiro atoms. The number of nitrogens with one attached hydrogen (secondary N) is 2. The van der Waals surface area contributed by atoms with Crippen molar-refractivity contribution in [2.45, 2.75) is 25.9 Å². The molecule has 2 fully saturated rings. The highest BCUT2D eigenvalue weighted by molar-refractivity contribution is 7.13. The van der Waals surface area contributed by atoms with Gasteiger partial charge < -0.3 is 31.1 Å². The van der Waals surface area contributed by atoms with E-state index in [1.807, 2.05) is 25.3 Å². The highest BCUT2D eigenvalue weighted by Crippen LogP contribution is 2.43. The topological polar surface area (TPSA) is 59.8 Å². The Bertz CT molecular complexity index is 1040. The number of hydrogen-bond acceptors (Lipinski definition) is 7. The standard InChI is InChI=1S/C27H38N6S/c1-18-13-25-27(34-18)26(33-16-21(17-33)15-29-4)14-24(30-25)22-5-7-23(8-6-22)32-11-9-31(10-12-32)20(3)19(2)28/h5-8,13-14,19,21,24,29-30H,3,9-12,15-17,28H2,1-2,4H3. The van der Waals surface area contributed by atoms with Gasteiger partial charge in [-0.25, -0.2) is 0 Å². The molecule has 2 unspecified atom stereocenters. The van der Waals surface area contributed by atoms with Gasteiger partial charge in [0.2, 0.25) is 0 Å². The van der Waals surface area contributed by atoms with Gasteiger partial charge in [-0.2, -0.15) is 0 Å². The molecule has 0 aliphatic carbocycles. The van der Waals surface area contributed by atoms with Crippen LogP contribution < -0.4 is 21.3 Å². The Kier molecular flexibility index (Phi) is 6.60. The van der Waals surface area contributed by atoms with Gasteiger partial charge in [-0.15, -0.1) is 11.3 Å². The summed E-state index contributed by atoms with van der Waals surface area (Å²) in [6.45, 7) is 15.7. The molecule has 5 rings (SSSR count). The normalized spacial score (nSPS) is 21.5. The molecule has 0 radical (unpaired) electrons. The summed E-state index contributed by atoms with van der Waals surface area (Å²) >= 11 is 1.90. The fourth-order valence-corrected chi connectivity index (χ4v) is 6.33. The van der Waals surface area contributed by atoms with Gasteiger partial charge in [-0.3, -0.25) is 0 Å². The number of rotatable bonds is 7. The molecule has 2 atom stereocenters. The predicted octanol–water partition coefficient (Wildman–Crippen LogP) is 3.70. The van der Waals surface area contributed by atoms with Crippen LogP contribution in [0, 0.1) is 12.8 Å². The van der Waals surface area contributed by atoms with Crippen molar-refractivity contribution in [2.24, 2.45) is 11.7 Å². The molecule has 4 heterocycles. The molecule has 7 heteroatoms. The second kappa shape index (κ2) is 9.64. The second-order valence-corrected chi connectivity index (χ2v) is 11.2. The summed E-state index contributed by atoms with van der Waals surface area (Å²) in [5.74, 6) is 0.744. The Morgan fingerprint density at radius 1 is 1.18 bits per heavy atom. The molecule has 1 aromatic heterocycles. The molecular formula is C27H38N6S. The third-order valence-corrected chi connectivity index (χ3v) is 8.42. The summed E-state index contributed by atoms with van der Waals surface area (Å²) in [5.41, 5.74) is 12.3. The van der Waals surface area contributed by atoms with Gasteiger partial charge in [0, 0.05) is 74.0 Å². The van der Waals surface area contributed by atoms with Crippen LogP contribution in [0.1, 0.15) is 28.3 Å². The molecule has 2 aromatic rings. The van der Waals surface area contributed by atoms with Crippen molar-refractivity contribution in [3.63, 3.8) is 0 Å². The lowest BCUT2D eigenvalue weighted by atomic mass is 9.95. The Hall–Kier alpha value is -2.48. The second-order valence-electron chi connectivity index (χ2n) is 9.95. The van der Waals surface area contributed by atoms with E-state index in [-0.39, 0.29) is 12.1 Å². The number of piperazine rings is 1. The van der Waals surface area contributed by atoms with E-state index in [2.05, 4.69) is 75.2 Å².